The summed E-state index contributed by atoms with van der Waals surface area (Å²) < 4.78 is 5.04. The third-order valence-corrected chi connectivity index (χ3v) is 3.74. The second-order valence-electron chi connectivity index (χ2n) is 6.84. The molecule has 6 heteroatoms. The number of carboxylic acid groups (broad SMARTS) is 1. The first-order valence-electron chi connectivity index (χ1n) is 9.81. The van der Waals surface area contributed by atoms with E-state index in [2.05, 4.69) is 31.3 Å². The summed E-state index contributed by atoms with van der Waals surface area (Å²) in [6, 6.07) is 5.07. The first kappa shape index (κ1) is 25.5. The molecule has 0 radical (unpaired) electrons. The minimum Gasteiger partial charge on any atom is -0.504 e. The maximum atomic E-state index is 11.8. The minimum absolute atomic E-state index is 0.0554. The molecule has 0 unspecified atom stereocenters. The number of methoxy groups -OCH3 is 1. The van der Waals surface area contributed by atoms with Crippen molar-refractivity contribution in [2.45, 2.75) is 65.8 Å². The van der Waals surface area contributed by atoms with Crippen molar-refractivity contribution in [3.63, 3.8) is 0 Å². The summed E-state index contributed by atoms with van der Waals surface area (Å²) in [5.41, 5.74) is 0.905. The van der Waals surface area contributed by atoms with E-state index in [0.717, 1.165) is 31.2 Å². The second-order valence-corrected chi connectivity index (χ2v) is 6.84. The Labute approximate surface area is 168 Å². The lowest BCUT2D eigenvalue weighted by Crippen LogP contribution is -2.22. The van der Waals surface area contributed by atoms with Crippen molar-refractivity contribution in [3.05, 3.63) is 35.9 Å². The van der Waals surface area contributed by atoms with Gasteiger partial charge in [-0.3, -0.25) is 9.59 Å². The fraction of sp³-hybridized carbons (Fsp3) is 0.545. The molecule has 3 N–H and O–H groups in total. The molecule has 28 heavy (non-hydrogen) atoms. The van der Waals surface area contributed by atoms with E-state index in [1.54, 1.807) is 18.2 Å². The largest absolute Gasteiger partial charge is 0.504 e. The molecule has 0 atom stereocenters. The predicted octanol–water partition coefficient (Wildman–Crippen LogP) is 4.66. The van der Waals surface area contributed by atoms with E-state index >= 15 is 0 Å². The van der Waals surface area contributed by atoms with Crippen LogP contribution in [0.25, 0.3) is 0 Å². The molecule has 0 saturated carbocycles. The van der Waals surface area contributed by atoms with Crippen LogP contribution in [0.5, 0.6) is 11.5 Å². The highest BCUT2D eigenvalue weighted by Crippen LogP contribution is 2.26. The van der Waals surface area contributed by atoms with Gasteiger partial charge in [-0.25, -0.2) is 0 Å². The molecule has 0 aromatic heterocycles. The lowest BCUT2D eigenvalue weighted by atomic mass is 10.1. The second kappa shape index (κ2) is 15.5. The van der Waals surface area contributed by atoms with Crippen LogP contribution in [0.1, 0.15) is 64.9 Å². The summed E-state index contributed by atoms with van der Waals surface area (Å²) in [4.78, 5) is 21.4. The molecule has 1 aromatic carbocycles. The van der Waals surface area contributed by atoms with Gasteiger partial charge in [0.2, 0.25) is 5.91 Å². The molecular weight excluding hydrogens is 358 g/mol. The number of aromatic hydroxyl groups is 1. The number of hydrogen-bond donors (Lipinski definition) is 3. The van der Waals surface area contributed by atoms with Gasteiger partial charge in [-0.2, -0.15) is 0 Å². The van der Waals surface area contributed by atoms with Crippen LogP contribution in [0.4, 0.5) is 0 Å². The Balaban J connectivity index is 0.00000105. The van der Waals surface area contributed by atoms with E-state index in [-0.39, 0.29) is 11.7 Å². The molecule has 6 nitrogen and oxygen atoms in total. The molecule has 158 valence electrons. The number of ether oxygens (including phenoxy) is 1. The Morgan fingerprint density at radius 2 is 1.93 bits per heavy atom. The van der Waals surface area contributed by atoms with E-state index in [1.807, 2.05) is 6.92 Å². The number of hydrogen-bond acceptors (Lipinski definition) is 4. The van der Waals surface area contributed by atoms with Crippen LogP contribution < -0.4 is 10.1 Å². The number of allylic oxidation sites excluding steroid dienone is 2. The van der Waals surface area contributed by atoms with Gasteiger partial charge in [0, 0.05) is 19.4 Å². The summed E-state index contributed by atoms with van der Waals surface area (Å²) in [6.07, 6.45) is 8.90. The summed E-state index contributed by atoms with van der Waals surface area (Å²) in [6.45, 7) is 6.60. The van der Waals surface area contributed by atoms with Crippen molar-refractivity contribution < 1.29 is 24.5 Å². The average molecular weight is 394 g/mol. The number of carbonyl (C=O) groups excluding carboxylic acids is 1. The zero-order chi connectivity index (χ0) is 21.4. The van der Waals surface area contributed by atoms with Crippen molar-refractivity contribution in [2.75, 3.05) is 7.11 Å². The predicted molar refractivity (Wildman–Crippen MR) is 111 cm³/mol. The number of carboxylic acids is 1. The fourth-order valence-electron chi connectivity index (χ4n) is 2.25. The number of unbranched alkanes of at least 4 members (excludes halogenated alkanes) is 2. The van der Waals surface area contributed by atoms with Gasteiger partial charge in [0.15, 0.2) is 11.5 Å². The molecule has 1 rings (SSSR count). The summed E-state index contributed by atoms with van der Waals surface area (Å²) >= 11 is 0. The van der Waals surface area contributed by atoms with E-state index in [0.29, 0.717) is 31.1 Å². The Morgan fingerprint density at radius 3 is 2.46 bits per heavy atom. The van der Waals surface area contributed by atoms with Crippen LogP contribution in [-0.4, -0.2) is 29.2 Å². The molecule has 0 fully saturated rings. The fourth-order valence-corrected chi connectivity index (χ4v) is 2.25. The Kier molecular flexibility index (Phi) is 14.2. The van der Waals surface area contributed by atoms with Crippen LogP contribution >= 0.6 is 0 Å². The number of aliphatic carboxylic acids is 1. The van der Waals surface area contributed by atoms with Crippen molar-refractivity contribution >= 4 is 11.9 Å². The Morgan fingerprint density at radius 1 is 1.21 bits per heavy atom. The molecular formula is C22H35NO5. The molecule has 0 heterocycles. The van der Waals surface area contributed by atoms with Crippen LogP contribution in [-0.2, 0) is 16.1 Å². The van der Waals surface area contributed by atoms with Gasteiger partial charge in [-0.05, 0) is 49.3 Å². The highest BCUT2D eigenvalue weighted by Gasteiger charge is 2.05. The normalized spacial score (nSPS) is 10.5. The van der Waals surface area contributed by atoms with Crippen LogP contribution in [0.2, 0.25) is 0 Å². The lowest BCUT2D eigenvalue weighted by Gasteiger charge is -2.08. The minimum atomic E-state index is -0.711. The van der Waals surface area contributed by atoms with Gasteiger partial charge in [0.25, 0.3) is 0 Å². The molecule has 0 aliphatic carbocycles. The standard InChI is InChI=1S/C18H27NO3.C4H8O2/c1-14(2)8-6-4-5-7-9-18(21)19-13-15-10-11-16(20)17(12-15)22-3;1-2-3-4(5)6/h6,8,10-12,14,20H,4-5,7,9,13H2,1-3H3,(H,19,21);2-3H2,1H3,(H,5,6). The average Bonchev–Trinajstić information content (AvgIpc) is 2.64. The summed E-state index contributed by atoms with van der Waals surface area (Å²) in [5, 5.41) is 20.3. The zero-order valence-corrected chi connectivity index (χ0v) is 17.5. The van der Waals surface area contributed by atoms with E-state index in [4.69, 9.17) is 9.84 Å². The number of rotatable bonds is 11. The SMILES string of the molecule is CCCC(=O)O.COc1cc(CNC(=O)CCCCC=CC(C)C)ccc1O. The molecule has 0 bridgehead atoms. The third kappa shape index (κ3) is 13.7. The van der Waals surface area contributed by atoms with Crippen LogP contribution in [0.3, 0.4) is 0 Å². The number of phenols is 1. The van der Waals surface area contributed by atoms with Crippen LogP contribution in [0, 0.1) is 5.92 Å². The number of carbonyl (C=O) groups is 2. The quantitative estimate of drug-likeness (QED) is 0.375. The molecule has 0 aliphatic rings. The number of benzene rings is 1. The van der Waals surface area contributed by atoms with Crippen molar-refractivity contribution in [1.29, 1.82) is 0 Å². The first-order chi connectivity index (χ1) is 13.3. The van der Waals surface area contributed by atoms with Gasteiger partial charge < -0.3 is 20.3 Å². The maximum absolute atomic E-state index is 11.8. The molecule has 1 aromatic rings. The summed E-state index contributed by atoms with van der Waals surface area (Å²) in [5.74, 6) is 0.457. The smallest absolute Gasteiger partial charge is 0.303 e. The number of nitrogens with one attached hydrogen (secondary N) is 1. The molecule has 0 aliphatic heterocycles. The van der Waals surface area contributed by atoms with Gasteiger partial charge >= 0.3 is 5.97 Å². The van der Waals surface area contributed by atoms with Crippen molar-refractivity contribution in [1.82, 2.24) is 5.32 Å². The molecule has 1 amide bonds. The van der Waals surface area contributed by atoms with E-state index in [9.17, 15) is 14.7 Å². The number of phenolic OH excluding ortho intramolecular Hbond substituents is 1. The third-order valence-electron chi connectivity index (χ3n) is 3.74. The van der Waals surface area contributed by atoms with E-state index in [1.165, 1.54) is 7.11 Å². The molecule has 0 saturated heterocycles. The topological polar surface area (TPSA) is 95.9 Å². The highest BCUT2D eigenvalue weighted by atomic mass is 16.5. The monoisotopic (exact) mass is 393 g/mol. The maximum Gasteiger partial charge on any atom is 0.303 e. The first-order valence-corrected chi connectivity index (χ1v) is 9.81. The number of amides is 1. The van der Waals surface area contributed by atoms with Crippen LogP contribution in [0.15, 0.2) is 30.4 Å². The lowest BCUT2D eigenvalue weighted by molar-refractivity contribution is -0.137. The van der Waals surface area contributed by atoms with Gasteiger partial charge in [0.05, 0.1) is 7.11 Å². The molecule has 0 spiro atoms. The Hall–Kier alpha value is -2.50. The van der Waals surface area contributed by atoms with Crippen molar-refractivity contribution in [3.8, 4) is 11.5 Å². The Bertz CT molecular complexity index is 611. The van der Waals surface area contributed by atoms with Gasteiger partial charge in [-0.1, -0.05) is 39.0 Å². The highest BCUT2D eigenvalue weighted by molar-refractivity contribution is 5.75. The van der Waals surface area contributed by atoms with Gasteiger partial charge in [0.1, 0.15) is 0 Å². The summed E-state index contributed by atoms with van der Waals surface area (Å²) in [7, 11) is 1.51. The zero-order valence-electron chi connectivity index (χ0n) is 17.5. The van der Waals surface area contributed by atoms with E-state index < -0.39 is 5.97 Å². The van der Waals surface area contributed by atoms with Gasteiger partial charge in [-0.15, -0.1) is 0 Å². The van der Waals surface area contributed by atoms with Crippen molar-refractivity contribution in [2.24, 2.45) is 5.92 Å².